The summed E-state index contributed by atoms with van der Waals surface area (Å²) in [6.45, 7) is 0. The molecule has 1 aromatic carbocycles. The highest BCUT2D eigenvalue weighted by atomic mass is 35.5. The number of rotatable bonds is 4. The fraction of sp³-hybridized carbons (Fsp3) is 0.143. The van der Waals surface area contributed by atoms with Crippen LogP contribution in [-0.4, -0.2) is 26.2 Å². The number of allylic oxidation sites excluding steroid dienone is 2. The van der Waals surface area contributed by atoms with Crippen molar-refractivity contribution in [2.24, 2.45) is 0 Å². The first-order chi connectivity index (χ1) is 9.08. The maximum absolute atomic E-state index is 11.7. The van der Waals surface area contributed by atoms with Gasteiger partial charge in [0.2, 0.25) is 0 Å². The second-order valence-electron chi connectivity index (χ2n) is 3.46. The first-order valence-electron chi connectivity index (χ1n) is 5.39. The smallest absolute Gasteiger partial charge is 0.338 e. The van der Waals surface area contributed by atoms with Gasteiger partial charge in [0.15, 0.2) is 0 Å². The SMILES string of the molecule is COC(=O)/C=C\C=C(\C(=O)OC)c1ccc(Cl)cc1. The van der Waals surface area contributed by atoms with E-state index in [4.69, 9.17) is 16.3 Å². The van der Waals surface area contributed by atoms with Gasteiger partial charge in [-0.25, -0.2) is 9.59 Å². The molecule has 0 saturated carbocycles. The molecule has 100 valence electrons. The van der Waals surface area contributed by atoms with Gasteiger partial charge in [-0.3, -0.25) is 0 Å². The van der Waals surface area contributed by atoms with Gasteiger partial charge in [0.25, 0.3) is 0 Å². The number of carbonyl (C=O) groups is 2. The minimum Gasteiger partial charge on any atom is -0.466 e. The van der Waals surface area contributed by atoms with E-state index in [1.165, 1.54) is 32.4 Å². The molecule has 0 aliphatic carbocycles. The second-order valence-corrected chi connectivity index (χ2v) is 3.90. The number of benzene rings is 1. The Hall–Kier alpha value is -2.07. The molecule has 0 heterocycles. The number of ether oxygens (including phenoxy) is 2. The van der Waals surface area contributed by atoms with E-state index in [0.29, 0.717) is 16.2 Å². The van der Waals surface area contributed by atoms with Crippen LogP contribution in [0.25, 0.3) is 5.57 Å². The molecule has 0 spiro atoms. The molecule has 0 aliphatic heterocycles. The van der Waals surface area contributed by atoms with Crippen LogP contribution in [0.2, 0.25) is 5.02 Å². The van der Waals surface area contributed by atoms with Crippen LogP contribution in [0.5, 0.6) is 0 Å². The maximum Gasteiger partial charge on any atom is 0.338 e. The number of hydrogen-bond acceptors (Lipinski definition) is 4. The molecule has 0 saturated heterocycles. The number of carbonyl (C=O) groups excluding carboxylic acids is 2. The third-order valence-corrected chi connectivity index (χ3v) is 2.51. The molecular formula is C14H13ClO4. The summed E-state index contributed by atoms with van der Waals surface area (Å²) >= 11 is 5.78. The van der Waals surface area contributed by atoms with E-state index in [1.807, 2.05) is 0 Å². The Labute approximate surface area is 116 Å². The van der Waals surface area contributed by atoms with E-state index >= 15 is 0 Å². The van der Waals surface area contributed by atoms with E-state index < -0.39 is 11.9 Å². The fourth-order valence-electron chi connectivity index (χ4n) is 1.31. The predicted octanol–water partition coefficient (Wildman–Crippen LogP) is 2.63. The molecule has 0 fully saturated rings. The summed E-state index contributed by atoms with van der Waals surface area (Å²) in [6, 6.07) is 6.71. The number of hydrogen-bond donors (Lipinski definition) is 0. The molecule has 0 aromatic heterocycles. The van der Waals surface area contributed by atoms with Gasteiger partial charge in [-0.15, -0.1) is 0 Å². The van der Waals surface area contributed by atoms with E-state index in [9.17, 15) is 9.59 Å². The summed E-state index contributed by atoms with van der Waals surface area (Å²) in [4.78, 5) is 22.6. The molecule has 0 amide bonds. The van der Waals surface area contributed by atoms with Crippen molar-refractivity contribution in [3.8, 4) is 0 Å². The van der Waals surface area contributed by atoms with E-state index in [1.54, 1.807) is 24.3 Å². The summed E-state index contributed by atoms with van der Waals surface area (Å²) in [5, 5.41) is 0.568. The average Bonchev–Trinajstić information content (AvgIpc) is 2.43. The van der Waals surface area contributed by atoms with Gasteiger partial charge in [-0.05, 0) is 23.8 Å². The average molecular weight is 281 g/mol. The summed E-state index contributed by atoms with van der Waals surface area (Å²) in [7, 11) is 2.56. The lowest BCUT2D eigenvalue weighted by Gasteiger charge is -2.04. The largest absolute Gasteiger partial charge is 0.466 e. The second kappa shape index (κ2) is 7.38. The van der Waals surface area contributed by atoms with Gasteiger partial charge in [-0.1, -0.05) is 29.8 Å². The molecule has 0 aliphatic rings. The molecule has 0 bridgehead atoms. The highest BCUT2D eigenvalue weighted by molar-refractivity contribution is 6.30. The fourth-order valence-corrected chi connectivity index (χ4v) is 1.44. The number of esters is 2. The lowest BCUT2D eigenvalue weighted by Crippen LogP contribution is -2.03. The topological polar surface area (TPSA) is 52.6 Å². The van der Waals surface area contributed by atoms with Crippen LogP contribution < -0.4 is 0 Å². The first kappa shape index (κ1) is 15.0. The first-order valence-corrected chi connectivity index (χ1v) is 5.77. The van der Waals surface area contributed by atoms with Gasteiger partial charge in [0.05, 0.1) is 19.8 Å². The molecule has 0 atom stereocenters. The third kappa shape index (κ3) is 4.60. The van der Waals surface area contributed by atoms with Gasteiger partial charge >= 0.3 is 11.9 Å². The van der Waals surface area contributed by atoms with Crippen LogP contribution >= 0.6 is 11.6 Å². The van der Waals surface area contributed by atoms with E-state index in [2.05, 4.69) is 4.74 Å². The quantitative estimate of drug-likeness (QED) is 0.483. The third-order valence-electron chi connectivity index (χ3n) is 2.26. The maximum atomic E-state index is 11.7. The zero-order chi connectivity index (χ0) is 14.3. The Morgan fingerprint density at radius 2 is 1.74 bits per heavy atom. The van der Waals surface area contributed by atoms with Crippen LogP contribution in [0.3, 0.4) is 0 Å². The van der Waals surface area contributed by atoms with Crippen molar-refractivity contribution in [1.82, 2.24) is 0 Å². The van der Waals surface area contributed by atoms with Crippen molar-refractivity contribution in [3.05, 3.63) is 53.1 Å². The molecule has 19 heavy (non-hydrogen) atoms. The van der Waals surface area contributed by atoms with Crippen LogP contribution in [0.1, 0.15) is 5.56 Å². The Morgan fingerprint density at radius 3 is 2.26 bits per heavy atom. The lowest BCUT2D eigenvalue weighted by atomic mass is 10.1. The monoisotopic (exact) mass is 280 g/mol. The lowest BCUT2D eigenvalue weighted by molar-refractivity contribution is -0.135. The summed E-state index contributed by atoms with van der Waals surface area (Å²) in [5.41, 5.74) is 0.963. The number of methoxy groups -OCH3 is 2. The summed E-state index contributed by atoms with van der Waals surface area (Å²) in [5.74, 6) is -1.01. The minimum absolute atomic E-state index is 0.319. The molecule has 0 N–H and O–H groups in total. The van der Waals surface area contributed by atoms with Crippen LogP contribution in [0, 0.1) is 0 Å². The van der Waals surface area contributed by atoms with Gasteiger partial charge in [0.1, 0.15) is 0 Å². The number of halogens is 1. The summed E-state index contributed by atoms with van der Waals surface area (Å²) in [6.07, 6.45) is 4.11. The molecule has 0 unspecified atom stereocenters. The standard InChI is InChI=1S/C14H13ClO4/c1-18-13(16)5-3-4-12(14(17)19-2)10-6-8-11(15)9-7-10/h3-9H,1-2H3/b5-3-,12-4+. The van der Waals surface area contributed by atoms with Crippen molar-refractivity contribution in [1.29, 1.82) is 0 Å². The van der Waals surface area contributed by atoms with Crippen molar-refractivity contribution < 1.29 is 19.1 Å². The van der Waals surface area contributed by atoms with Crippen molar-refractivity contribution in [2.75, 3.05) is 14.2 Å². The molecular weight excluding hydrogens is 268 g/mol. The molecule has 5 heteroatoms. The Morgan fingerprint density at radius 1 is 1.11 bits per heavy atom. The van der Waals surface area contributed by atoms with E-state index in [-0.39, 0.29) is 0 Å². The predicted molar refractivity (Wildman–Crippen MR) is 72.6 cm³/mol. The van der Waals surface area contributed by atoms with Crippen molar-refractivity contribution in [3.63, 3.8) is 0 Å². The Bertz CT molecular complexity index is 515. The molecule has 1 aromatic rings. The van der Waals surface area contributed by atoms with Crippen molar-refractivity contribution in [2.45, 2.75) is 0 Å². The molecule has 1 rings (SSSR count). The zero-order valence-corrected chi connectivity index (χ0v) is 11.3. The molecule has 0 radical (unpaired) electrons. The van der Waals surface area contributed by atoms with Gasteiger partial charge in [-0.2, -0.15) is 0 Å². The Kier molecular flexibility index (Phi) is 5.82. The van der Waals surface area contributed by atoms with Crippen molar-refractivity contribution >= 4 is 29.1 Å². The van der Waals surface area contributed by atoms with Gasteiger partial charge in [0, 0.05) is 11.1 Å². The normalized spacial score (nSPS) is 11.4. The van der Waals surface area contributed by atoms with Crippen LogP contribution in [0.4, 0.5) is 0 Å². The highest BCUT2D eigenvalue weighted by Gasteiger charge is 2.11. The van der Waals surface area contributed by atoms with E-state index in [0.717, 1.165) is 0 Å². The minimum atomic E-state index is -0.503. The Balaban J connectivity index is 3.05. The van der Waals surface area contributed by atoms with Crippen LogP contribution in [-0.2, 0) is 19.1 Å². The van der Waals surface area contributed by atoms with Crippen LogP contribution in [0.15, 0.2) is 42.5 Å². The molecule has 4 nitrogen and oxygen atoms in total. The highest BCUT2D eigenvalue weighted by Crippen LogP contribution is 2.19. The summed E-state index contributed by atoms with van der Waals surface area (Å²) < 4.78 is 9.14. The van der Waals surface area contributed by atoms with Gasteiger partial charge < -0.3 is 9.47 Å². The zero-order valence-electron chi connectivity index (χ0n) is 10.6.